The Kier molecular flexibility index (Phi) is 8.16. The van der Waals surface area contributed by atoms with Gasteiger partial charge in [0, 0.05) is 12.6 Å². The van der Waals surface area contributed by atoms with E-state index in [1.54, 1.807) is 0 Å². The predicted octanol–water partition coefficient (Wildman–Crippen LogP) is 1.65. The monoisotopic (exact) mass is 272 g/mol. The van der Waals surface area contributed by atoms with Gasteiger partial charge in [-0.25, -0.2) is 0 Å². The minimum absolute atomic E-state index is 0. The van der Waals surface area contributed by atoms with Crippen molar-refractivity contribution in [1.29, 1.82) is 0 Å². The normalized spacial score (nSPS) is 11.3. The summed E-state index contributed by atoms with van der Waals surface area (Å²) >= 11 is 0. The van der Waals surface area contributed by atoms with Gasteiger partial charge in [0.25, 0.3) is 5.91 Å². The molecule has 1 rings (SSSR count). The Labute approximate surface area is 114 Å². The van der Waals surface area contributed by atoms with Crippen molar-refractivity contribution in [2.24, 2.45) is 5.73 Å². The Morgan fingerprint density at radius 3 is 2.83 bits per heavy atom. The largest absolute Gasteiger partial charge is 0.484 e. The van der Waals surface area contributed by atoms with E-state index in [1.807, 2.05) is 38.1 Å². The van der Waals surface area contributed by atoms with Gasteiger partial charge in [-0.05, 0) is 38.0 Å². The second-order valence-electron chi connectivity index (χ2n) is 4.22. The van der Waals surface area contributed by atoms with Crippen LogP contribution in [0, 0.1) is 6.92 Å². The molecule has 4 nitrogen and oxygen atoms in total. The summed E-state index contributed by atoms with van der Waals surface area (Å²) in [5, 5.41) is 2.75. The van der Waals surface area contributed by atoms with Crippen molar-refractivity contribution in [3.63, 3.8) is 0 Å². The van der Waals surface area contributed by atoms with Crippen LogP contribution in [0.3, 0.4) is 0 Å². The number of nitrogens with two attached hydrogens (primary N) is 1. The molecule has 102 valence electrons. The first-order chi connectivity index (χ1) is 8.08. The van der Waals surface area contributed by atoms with E-state index >= 15 is 0 Å². The summed E-state index contributed by atoms with van der Waals surface area (Å²) < 4.78 is 5.36. The minimum Gasteiger partial charge on any atom is -0.484 e. The Hall–Kier alpha value is -1.26. The van der Waals surface area contributed by atoms with E-state index in [0.717, 1.165) is 12.0 Å². The summed E-state index contributed by atoms with van der Waals surface area (Å²) in [6.07, 6.45) is 0.774. The van der Waals surface area contributed by atoms with Crippen molar-refractivity contribution < 1.29 is 9.53 Å². The smallest absolute Gasteiger partial charge is 0.257 e. The summed E-state index contributed by atoms with van der Waals surface area (Å²) in [5.74, 6) is 0.597. The number of halogens is 1. The van der Waals surface area contributed by atoms with Crippen LogP contribution in [0.25, 0.3) is 0 Å². The molecule has 1 aromatic carbocycles. The molecule has 0 bridgehead atoms. The first-order valence-electron chi connectivity index (χ1n) is 5.79. The molecule has 0 aliphatic heterocycles. The maximum atomic E-state index is 11.4. The first-order valence-corrected chi connectivity index (χ1v) is 5.79. The van der Waals surface area contributed by atoms with Crippen LogP contribution in [0.5, 0.6) is 5.75 Å². The van der Waals surface area contributed by atoms with Gasteiger partial charge in [-0.3, -0.25) is 4.79 Å². The molecule has 0 spiro atoms. The van der Waals surface area contributed by atoms with E-state index in [-0.39, 0.29) is 31.0 Å². The third-order valence-electron chi connectivity index (χ3n) is 2.28. The van der Waals surface area contributed by atoms with Gasteiger partial charge in [-0.1, -0.05) is 12.1 Å². The second kappa shape index (κ2) is 8.78. The molecule has 1 unspecified atom stereocenters. The number of hydrogen-bond acceptors (Lipinski definition) is 3. The highest BCUT2D eigenvalue weighted by atomic mass is 35.5. The van der Waals surface area contributed by atoms with Crippen LogP contribution in [0.15, 0.2) is 24.3 Å². The number of ether oxygens (including phenoxy) is 1. The molecule has 0 aromatic heterocycles. The van der Waals surface area contributed by atoms with E-state index in [0.29, 0.717) is 12.3 Å². The third-order valence-corrected chi connectivity index (χ3v) is 2.28. The summed E-state index contributed by atoms with van der Waals surface area (Å²) in [5.41, 5.74) is 6.69. The summed E-state index contributed by atoms with van der Waals surface area (Å²) in [6.45, 7) is 4.53. The summed E-state index contributed by atoms with van der Waals surface area (Å²) in [4.78, 5) is 11.4. The van der Waals surface area contributed by atoms with Gasteiger partial charge in [0.1, 0.15) is 5.75 Å². The lowest BCUT2D eigenvalue weighted by atomic mass is 10.2. The molecule has 0 radical (unpaired) electrons. The maximum absolute atomic E-state index is 11.4. The lowest BCUT2D eigenvalue weighted by molar-refractivity contribution is -0.123. The van der Waals surface area contributed by atoms with E-state index in [4.69, 9.17) is 10.5 Å². The van der Waals surface area contributed by atoms with E-state index in [1.165, 1.54) is 0 Å². The highest BCUT2D eigenvalue weighted by molar-refractivity contribution is 5.85. The van der Waals surface area contributed by atoms with Crippen molar-refractivity contribution in [3.8, 4) is 5.75 Å². The number of benzene rings is 1. The van der Waals surface area contributed by atoms with Crippen LogP contribution >= 0.6 is 12.4 Å². The van der Waals surface area contributed by atoms with Gasteiger partial charge < -0.3 is 15.8 Å². The molecule has 5 heteroatoms. The quantitative estimate of drug-likeness (QED) is 0.828. The molecule has 18 heavy (non-hydrogen) atoms. The fourth-order valence-corrected chi connectivity index (χ4v) is 1.34. The molecule has 0 aliphatic carbocycles. The lowest BCUT2D eigenvalue weighted by Crippen LogP contribution is -2.32. The van der Waals surface area contributed by atoms with Gasteiger partial charge in [-0.15, -0.1) is 12.4 Å². The van der Waals surface area contributed by atoms with Crippen LogP contribution in [0.1, 0.15) is 18.9 Å². The average Bonchev–Trinajstić information content (AvgIpc) is 2.26. The molecular formula is C13H21ClN2O2. The molecular weight excluding hydrogens is 252 g/mol. The predicted molar refractivity (Wildman–Crippen MR) is 75.2 cm³/mol. The Bertz CT molecular complexity index is 370. The zero-order valence-electron chi connectivity index (χ0n) is 10.8. The van der Waals surface area contributed by atoms with Crippen molar-refractivity contribution >= 4 is 18.3 Å². The van der Waals surface area contributed by atoms with E-state index in [9.17, 15) is 4.79 Å². The standard InChI is InChI=1S/C13H20N2O2.ClH/c1-10-4-3-5-12(8-10)17-9-13(16)15-7-6-11(2)14;/h3-5,8,11H,6-7,9,14H2,1-2H3,(H,15,16);1H. The van der Waals surface area contributed by atoms with Gasteiger partial charge in [0.05, 0.1) is 0 Å². The number of carbonyl (C=O) groups excluding carboxylic acids is 1. The number of carbonyl (C=O) groups is 1. The Morgan fingerprint density at radius 1 is 1.50 bits per heavy atom. The summed E-state index contributed by atoms with van der Waals surface area (Å²) in [6, 6.07) is 7.72. The molecule has 0 saturated heterocycles. The number of amides is 1. The number of nitrogens with one attached hydrogen (secondary N) is 1. The van der Waals surface area contributed by atoms with Crippen LogP contribution in [-0.4, -0.2) is 25.1 Å². The topological polar surface area (TPSA) is 64.3 Å². The molecule has 0 fully saturated rings. The van der Waals surface area contributed by atoms with Crippen molar-refractivity contribution in [2.45, 2.75) is 26.3 Å². The van der Waals surface area contributed by atoms with Crippen LogP contribution in [-0.2, 0) is 4.79 Å². The third kappa shape index (κ3) is 7.14. The molecule has 1 aromatic rings. The van der Waals surface area contributed by atoms with Crippen molar-refractivity contribution in [1.82, 2.24) is 5.32 Å². The SMILES string of the molecule is Cc1cccc(OCC(=O)NCCC(C)N)c1.Cl. The number of rotatable bonds is 6. The van der Waals surface area contributed by atoms with Crippen molar-refractivity contribution in [3.05, 3.63) is 29.8 Å². The van der Waals surface area contributed by atoms with E-state index in [2.05, 4.69) is 5.32 Å². The highest BCUT2D eigenvalue weighted by Crippen LogP contribution is 2.11. The molecule has 1 atom stereocenters. The maximum Gasteiger partial charge on any atom is 0.257 e. The second-order valence-corrected chi connectivity index (χ2v) is 4.22. The van der Waals surface area contributed by atoms with Crippen LogP contribution < -0.4 is 15.8 Å². The zero-order valence-corrected chi connectivity index (χ0v) is 11.6. The molecule has 0 heterocycles. The van der Waals surface area contributed by atoms with Gasteiger partial charge in [0.15, 0.2) is 6.61 Å². The summed E-state index contributed by atoms with van der Waals surface area (Å²) in [7, 11) is 0. The molecule has 3 N–H and O–H groups in total. The number of hydrogen-bond donors (Lipinski definition) is 2. The Balaban J connectivity index is 0.00000289. The fraction of sp³-hybridized carbons (Fsp3) is 0.462. The van der Waals surface area contributed by atoms with E-state index < -0.39 is 0 Å². The number of aryl methyl sites for hydroxylation is 1. The average molecular weight is 273 g/mol. The Morgan fingerprint density at radius 2 is 2.22 bits per heavy atom. The minimum atomic E-state index is -0.118. The molecule has 0 saturated carbocycles. The molecule has 1 amide bonds. The highest BCUT2D eigenvalue weighted by Gasteiger charge is 2.02. The van der Waals surface area contributed by atoms with Gasteiger partial charge in [-0.2, -0.15) is 0 Å². The van der Waals surface area contributed by atoms with Crippen molar-refractivity contribution in [2.75, 3.05) is 13.2 Å². The van der Waals surface area contributed by atoms with Crippen LogP contribution in [0.2, 0.25) is 0 Å². The first kappa shape index (κ1) is 16.7. The lowest BCUT2D eigenvalue weighted by Gasteiger charge is -2.09. The van der Waals surface area contributed by atoms with Gasteiger partial charge in [0.2, 0.25) is 0 Å². The van der Waals surface area contributed by atoms with Crippen LogP contribution in [0.4, 0.5) is 0 Å². The molecule has 0 aliphatic rings. The van der Waals surface area contributed by atoms with Gasteiger partial charge >= 0.3 is 0 Å². The fourth-order valence-electron chi connectivity index (χ4n) is 1.34. The zero-order chi connectivity index (χ0) is 12.7.